The van der Waals surface area contributed by atoms with Gasteiger partial charge < -0.3 is 14.8 Å². The third kappa shape index (κ3) is 4.66. The molecule has 0 atom stereocenters. The minimum Gasteiger partial charge on any atom is -0.497 e. The number of methoxy groups -OCH3 is 1. The largest absolute Gasteiger partial charge is 0.497 e. The van der Waals surface area contributed by atoms with E-state index in [0.29, 0.717) is 11.3 Å². The maximum absolute atomic E-state index is 13.8. The van der Waals surface area contributed by atoms with Crippen molar-refractivity contribution in [2.75, 3.05) is 12.4 Å². The molecule has 0 fully saturated rings. The summed E-state index contributed by atoms with van der Waals surface area (Å²) in [6, 6.07) is 13.4. The molecule has 0 aliphatic rings. The van der Waals surface area contributed by atoms with Gasteiger partial charge in [-0.15, -0.1) is 0 Å². The SMILES string of the molecule is COc1ccc(-c2cc(NC(=O)c3c(F)cccc3F)ccc2OC(F)F)cc1. The topological polar surface area (TPSA) is 47.6 Å². The van der Waals surface area contributed by atoms with Crippen LogP contribution in [0.1, 0.15) is 10.4 Å². The monoisotopic (exact) mass is 405 g/mol. The molecule has 0 aliphatic heterocycles. The first kappa shape index (κ1) is 20.2. The van der Waals surface area contributed by atoms with Crippen molar-refractivity contribution in [3.05, 3.63) is 77.9 Å². The lowest BCUT2D eigenvalue weighted by Gasteiger charge is -2.14. The summed E-state index contributed by atoms with van der Waals surface area (Å²) in [5, 5.41) is 2.37. The van der Waals surface area contributed by atoms with Crippen molar-refractivity contribution >= 4 is 11.6 Å². The summed E-state index contributed by atoms with van der Waals surface area (Å²) in [6.45, 7) is -3.06. The Morgan fingerprint density at radius 2 is 1.62 bits per heavy atom. The number of hydrogen-bond donors (Lipinski definition) is 1. The number of ether oxygens (including phenoxy) is 2. The second-order valence-corrected chi connectivity index (χ2v) is 5.87. The first-order valence-corrected chi connectivity index (χ1v) is 8.37. The number of carbonyl (C=O) groups is 1. The molecular formula is C21H15F4NO3. The molecule has 0 saturated carbocycles. The Labute approximate surface area is 163 Å². The molecule has 0 heterocycles. The molecule has 8 heteroatoms. The zero-order valence-electron chi connectivity index (χ0n) is 15.1. The molecule has 0 aliphatic carbocycles. The van der Waals surface area contributed by atoms with Gasteiger partial charge in [0.15, 0.2) is 0 Å². The fourth-order valence-corrected chi connectivity index (χ4v) is 2.71. The molecule has 1 amide bonds. The van der Waals surface area contributed by atoms with Crippen LogP contribution in [-0.2, 0) is 0 Å². The smallest absolute Gasteiger partial charge is 0.387 e. The van der Waals surface area contributed by atoms with Crippen LogP contribution in [0.2, 0.25) is 0 Å². The Morgan fingerprint density at radius 1 is 0.966 bits per heavy atom. The van der Waals surface area contributed by atoms with E-state index in [-0.39, 0.29) is 17.0 Å². The van der Waals surface area contributed by atoms with Gasteiger partial charge in [-0.2, -0.15) is 8.78 Å². The van der Waals surface area contributed by atoms with Crippen molar-refractivity contribution in [1.29, 1.82) is 0 Å². The Bertz CT molecular complexity index is 1000. The minimum absolute atomic E-state index is 0.125. The van der Waals surface area contributed by atoms with Crippen LogP contribution in [0.15, 0.2) is 60.7 Å². The van der Waals surface area contributed by atoms with Gasteiger partial charge in [-0.25, -0.2) is 8.78 Å². The molecule has 0 aromatic heterocycles. The Morgan fingerprint density at radius 3 is 2.21 bits per heavy atom. The molecule has 4 nitrogen and oxygen atoms in total. The Kier molecular flexibility index (Phi) is 6.01. The van der Waals surface area contributed by atoms with E-state index in [4.69, 9.17) is 4.74 Å². The number of anilines is 1. The van der Waals surface area contributed by atoms with Crippen LogP contribution >= 0.6 is 0 Å². The molecule has 3 rings (SSSR count). The van der Waals surface area contributed by atoms with Gasteiger partial charge in [0.1, 0.15) is 28.7 Å². The quantitative estimate of drug-likeness (QED) is 0.552. The van der Waals surface area contributed by atoms with Crippen LogP contribution in [0.3, 0.4) is 0 Å². The summed E-state index contributed by atoms with van der Waals surface area (Å²) < 4.78 is 62.8. The van der Waals surface area contributed by atoms with Crippen molar-refractivity contribution < 1.29 is 31.8 Å². The van der Waals surface area contributed by atoms with E-state index in [0.717, 1.165) is 18.2 Å². The predicted octanol–water partition coefficient (Wildman–Crippen LogP) is 5.49. The number of benzene rings is 3. The lowest BCUT2D eigenvalue weighted by atomic mass is 10.0. The molecule has 1 N–H and O–H groups in total. The lowest BCUT2D eigenvalue weighted by Crippen LogP contribution is -2.16. The Balaban J connectivity index is 1.97. The van der Waals surface area contributed by atoms with E-state index < -0.39 is 29.7 Å². The van der Waals surface area contributed by atoms with E-state index in [1.165, 1.54) is 25.3 Å². The predicted molar refractivity (Wildman–Crippen MR) is 99.4 cm³/mol. The zero-order valence-corrected chi connectivity index (χ0v) is 15.1. The van der Waals surface area contributed by atoms with Crippen molar-refractivity contribution in [1.82, 2.24) is 0 Å². The third-order valence-corrected chi connectivity index (χ3v) is 4.04. The number of halogens is 4. The molecule has 150 valence electrons. The number of rotatable bonds is 6. The highest BCUT2D eigenvalue weighted by molar-refractivity contribution is 6.05. The van der Waals surface area contributed by atoms with Gasteiger partial charge in [-0.1, -0.05) is 18.2 Å². The van der Waals surface area contributed by atoms with Gasteiger partial charge in [0.05, 0.1) is 7.11 Å². The maximum Gasteiger partial charge on any atom is 0.387 e. The van der Waals surface area contributed by atoms with Crippen LogP contribution in [0.25, 0.3) is 11.1 Å². The first-order valence-electron chi connectivity index (χ1n) is 8.37. The van der Waals surface area contributed by atoms with Gasteiger partial charge in [-0.05, 0) is 48.0 Å². The molecule has 29 heavy (non-hydrogen) atoms. The van der Waals surface area contributed by atoms with Crippen LogP contribution in [-0.4, -0.2) is 19.6 Å². The third-order valence-electron chi connectivity index (χ3n) is 4.04. The van der Waals surface area contributed by atoms with Crippen molar-refractivity contribution in [3.63, 3.8) is 0 Å². The second-order valence-electron chi connectivity index (χ2n) is 5.87. The molecular weight excluding hydrogens is 390 g/mol. The van der Waals surface area contributed by atoms with Gasteiger partial charge in [0.25, 0.3) is 5.91 Å². The van der Waals surface area contributed by atoms with Crippen molar-refractivity contribution in [3.8, 4) is 22.6 Å². The normalized spacial score (nSPS) is 10.7. The summed E-state index contributed by atoms with van der Waals surface area (Å²) in [5.74, 6) is -2.61. The fourth-order valence-electron chi connectivity index (χ4n) is 2.71. The van der Waals surface area contributed by atoms with E-state index in [9.17, 15) is 22.4 Å². The maximum atomic E-state index is 13.8. The number of amides is 1. The molecule has 3 aromatic rings. The average Bonchev–Trinajstić information content (AvgIpc) is 2.69. The van der Waals surface area contributed by atoms with E-state index >= 15 is 0 Å². The van der Waals surface area contributed by atoms with Crippen molar-refractivity contribution in [2.45, 2.75) is 6.61 Å². The zero-order chi connectivity index (χ0) is 21.0. The van der Waals surface area contributed by atoms with Crippen LogP contribution in [0, 0.1) is 11.6 Å². The van der Waals surface area contributed by atoms with Gasteiger partial charge in [-0.3, -0.25) is 4.79 Å². The molecule has 3 aromatic carbocycles. The molecule has 0 unspecified atom stereocenters. The van der Waals surface area contributed by atoms with Crippen LogP contribution in [0.5, 0.6) is 11.5 Å². The second kappa shape index (κ2) is 8.64. The number of hydrogen-bond acceptors (Lipinski definition) is 3. The molecule has 0 spiro atoms. The average molecular weight is 405 g/mol. The molecule has 0 bridgehead atoms. The highest BCUT2D eigenvalue weighted by Gasteiger charge is 2.18. The summed E-state index contributed by atoms with van der Waals surface area (Å²) in [6.07, 6.45) is 0. The summed E-state index contributed by atoms with van der Waals surface area (Å²) in [5.41, 5.74) is 0.158. The Hall–Kier alpha value is -3.55. The van der Waals surface area contributed by atoms with E-state index in [1.807, 2.05) is 0 Å². The van der Waals surface area contributed by atoms with Crippen molar-refractivity contribution in [2.24, 2.45) is 0 Å². The highest BCUT2D eigenvalue weighted by atomic mass is 19.3. The van der Waals surface area contributed by atoms with Crippen LogP contribution < -0.4 is 14.8 Å². The van der Waals surface area contributed by atoms with Gasteiger partial charge in [0, 0.05) is 11.3 Å². The standard InChI is InChI=1S/C21H15F4NO3/c1-28-14-8-5-12(6-9-14)15-11-13(7-10-18(15)29-21(24)25)26-20(27)19-16(22)3-2-4-17(19)23/h2-11,21H,1H3,(H,26,27). The fraction of sp³-hybridized carbons (Fsp3) is 0.0952. The highest BCUT2D eigenvalue weighted by Crippen LogP contribution is 2.35. The molecule has 0 saturated heterocycles. The van der Waals surface area contributed by atoms with E-state index in [1.54, 1.807) is 24.3 Å². The summed E-state index contributed by atoms with van der Waals surface area (Å²) in [7, 11) is 1.48. The summed E-state index contributed by atoms with van der Waals surface area (Å²) >= 11 is 0. The van der Waals surface area contributed by atoms with Crippen LogP contribution in [0.4, 0.5) is 23.2 Å². The summed E-state index contributed by atoms with van der Waals surface area (Å²) in [4.78, 5) is 12.3. The number of nitrogens with one attached hydrogen (secondary N) is 1. The minimum atomic E-state index is -3.06. The van der Waals surface area contributed by atoms with E-state index in [2.05, 4.69) is 10.1 Å². The van der Waals surface area contributed by atoms with Gasteiger partial charge >= 0.3 is 6.61 Å². The number of carbonyl (C=O) groups excluding carboxylic acids is 1. The lowest BCUT2D eigenvalue weighted by molar-refractivity contribution is -0.0494. The number of alkyl halides is 2. The van der Waals surface area contributed by atoms with Gasteiger partial charge in [0.2, 0.25) is 0 Å². The molecule has 0 radical (unpaired) electrons. The first-order chi connectivity index (χ1) is 13.9.